The van der Waals surface area contributed by atoms with Crippen LogP contribution in [0.3, 0.4) is 0 Å². The highest BCUT2D eigenvalue weighted by molar-refractivity contribution is 6.09. The Kier molecular flexibility index (Phi) is 6.28. The minimum absolute atomic E-state index is 0.113. The van der Waals surface area contributed by atoms with Crippen LogP contribution in [0.4, 0.5) is 25.0 Å². The number of nitrogens with one attached hydrogen (secondary N) is 1. The molecule has 1 N–H and O–H groups in total. The number of halogens is 2. The number of ether oxygens (including phenoxy) is 1. The van der Waals surface area contributed by atoms with Gasteiger partial charge in [0.25, 0.3) is 11.6 Å². The third kappa shape index (κ3) is 5.07. The highest BCUT2D eigenvalue weighted by Crippen LogP contribution is 2.29. The van der Waals surface area contributed by atoms with Crippen LogP contribution in [0, 0.1) is 21.7 Å². The lowest BCUT2D eigenvalue weighted by molar-refractivity contribution is -0.384. The first-order valence-electron chi connectivity index (χ1n) is 10.8. The largest absolute Gasteiger partial charge is 0.443 e. The second kappa shape index (κ2) is 9.21. The van der Waals surface area contributed by atoms with Crippen molar-refractivity contribution in [2.75, 3.05) is 5.32 Å². The monoisotopic (exact) mass is 493 g/mol. The highest BCUT2D eigenvalue weighted by Gasteiger charge is 2.26. The minimum Gasteiger partial charge on any atom is -0.443 e. The number of carbonyl (C=O) groups excluding carboxylic acids is 2. The van der Waals surface area contributed by atoms with Crippen LogP contribution in [0.1, 0.15) is 31.3 Å². The summed E-state index contributed by atoms with van der Waals surface area (Å²) in [5.41, 5.74) is -0.310. The zero-order valence-corrected chi connectivity index (χ0v) is 19.5. The van der Waals surface area contributed by atoms with E-state index >= 15 is 0 Å². The molecule has 1 heterocycles. The lowest BCUT2D eigenvalue weighted by Gasteiger charge is -2.20. The van der Waals surface area contributed by atoms with Crippen molar-refractivity contribution in [2.45, 2.75) is 26.4 Å². The molecule has 1 amide bonds. The third-order valence-corrected chi connectivity index (χ3v) is 5.17. The molecule has 0 saturated heterocycles. The van der Waals surface area contributed by atoms with Crippen molar-refractivity contribution in [2.24, 2.45) is 0 Å². The summed E-state index contributed by atoms with van der Waals surface area (Å²) in [6.07, 6.45) is -0.884. The molecule has 0 aliphatic heterocycles. The van der Waals surface area contributed by atoms with Gasteiger partial charge in [-0.1, -0.05) is 12.1 Å². The summed E-state index contributed by atoms with van der Waals surface area (Å²) in [5, 5.41) is 14.4. The summed E-state index contributed by atoms with van der Waals surface area (Å²) in [6, 6.07) is 14.7. The number of carbonyl (C=O) groups is 2. The first-order valence-corrected chi connectivity index (χ1v) is 10.8. The Morgan fingerprint density at radius 3 is 2.42 bits per heavy atom. The third-order valence-electron chi connectivity index (χ3n) is 5.17. The number of nitro benzene ring substituents is 1. The van der Waals surface area contributed by atoms with E-state index in [4.69, 9.17) is 4.74 Å². The molecule has 8 nitrogen and oxygen atoms in total. The SMILES string of the molecule is CC(C)(C)OC(=O)n1c(C(=O)Nc2cccc(-c3ccc(F)cc3F)c2)cc2ccc([N+](=O)[O-])cc21. The number of nitrogens with zero attached hydrogens (tertiary/aromatic N) is 2. The average Bonchev–Trinajstić information content (AvgIpc) is 3.17. The number of fused-ring (bicyclic) bond motifs is 1. The van der Waals surface area contributed by atoms with E-state index in [2.05, 4.69) is 5.32 Å². The van der Waals surface area contributed by atoms with Gasteiger partial charge in [0.2, 0.25) is 0 Å². The van der Waals surface area contributed by atoms with Gasteiger partial charge < -0.3 is 10.1 Å². The zero-order chi connectivity index (χ0) is 26.2. The average molecular weight is 493 g/mol. The molecule has 0 radical (unpaired) electrons. The first kappa shape index (κ1) is 24.5. The minimum atomic E-state index is -0.893. The van der Waals surface area contributed by atoms with Crippen molar-refractivity contribution in [3.05, 3.63) is 94.2 Å². The number of hydrogen-bond donors (Lipinski definition) is 1. The van der Waals surface area contributed by atoms with Gasteiger partial charge in [-0.3, -0.25) is 14.9 Å². The lowest BCUT2D eigenvalue weighted by Crippen LogP contribution is -2.29. The second-order valence-electron chi connectivity index (χ2n) is 9.00. The van der Waals surface area contributed by atoms with Crippen molar-refractivity contribution in [1.82, 2.24) is 4.57 Å². The van der Waals surface area contributed by atoms with E-state index in [1.54, 1.807) is 39.0 Å². The number of non-ortho nitro benzene ring substituents is 1. The molecule has 10 heteroatoms. The van der Waals surface area contributed by atoms with Gasteiger partial charge in [-0.25, -0.2) is 18.1 Å². The molecule has 4 aromatic rings. The Morgan fingerprint density at radius 2 is 1.75 bits per heavy atom. The van der Waals surface area contributed by atoms with E-state index < -0.39 is 34.2 Å². The molecule has 0 unspecified atom stereocenters. The van der Waals surface area contributed by atoms with Crippen molar-refractivity contribution < 1.29 is 28.0 Å². The molecule has 3 aromatic carbocycles. The van der Waals surface area contributed by atoms with Crippen molar-refractivity contribution in [3.8, 4) is 11.1 Å². The molecular weight excluding hydrogens is 472 g/mol. The van der Waals surface area contributed by atoms with E-state index in [-0.39, 0.29) is 28.1 Å². The van der Waals surface area contributed by atoms with Gasteiger partial charge in [-0.15, -0.1) is 0 Å². The molecule has 0 aliphatic rings. The standard InChI is InChI=1S/C26H21F2N3O5/c1-26(2,3)36-25(33)30-22-14-19(31(34)35)9-7-16(22)12-23(30)24(32)29-18-6-4-5-15(11-18)20-10-8-17(27)13-21(20)28/h4-14H,1-3H3,(H,29,32). The summed E-state index contributed by atoms with van der Waals surface area (Å²) in [4.78, 5) is 36.9. The second-order valence-corrected chi connectivity index (χ2v) is 9.00. The highest BCUT2D eigenvalue weighted by atomic mass is 19.1. The topological polar surface area (TPSA) is 103 Å². The van der Waals surface area contributed by atoms with E-state index in [1.165, 1.54) is 36.4 Å². The van der Waals surface area contributed by atoms with Crippen LogP contribution in [-0.4, -0.2) is 27.1 Å². The van der Waals surface area contributed by atoms with Gasteiger partial charge in [0.15, 0.2) is 0 Å². The molecule has 184 valence electrons. The molecule has 0 saturated carbocycles. The summed E-state index contributed by atoms with van der Waals surface area (Å²) < 4.78 is 34.0. The molecule has 1 aromatic heterocycles. The summed E-state index contributed by atoms with van der Waals surface area (Å²) in [5.74, 6) is -2.17. The van der Waals surface area contributed by atoms with Crippen LogP contribution in [0.2, 0.25) is 0 Å². The van der Waals surface area contributed by atoms with Gasteiger partial charge in [-0.05, 0) is 62.7 Å². The van der Waals surface area contributed by atoms with Gasteiger partial charge in [-0.2, -0.15) is 0 Å². The molecule has 0 fully saturated rings. The van der Waals surface area contributed by atoms with Crippen LogP contribution < -0.4 is 5.32 Å². The Morgan fingerprint density at radius 1 is 1.00 bits per heavy atom. The summed E-state index contributed by atoms with van der Waals surface area (Å²) in [6.45, 7) is 4.95. The smallest absolute Gasteiger partial charge is 0.419 e. The molecule has 36 heavy (non-hydrogen) atoms. The normalized spacial score (nSPS) is 11.4. The van der Waals surface area contributed by atoms with Gasteiger partial charge in [0.05, 0.1) is 10.4 Å². The van der Waals surface area contributed by atoms with Crippen LogP contribution in [0.25, 0.3) is 22.0 Å². The number of nitro groups is 1. The van der Waals surface area contributed by atoms with E-state index in [1.807, 2.05) is 0 Å². The number of hydrogen-bond acceptors (Lipinski definition) is 5. The Balaban J connectivity index is 1.74. The predicted octanol–water partition coefficient (Wildman–Crippen LogP) is 6.53. The molecule has 0 bridgehead atoms. The predicted molar refractivity (Wildman–Crippen MR) is 130 cm³/mol. The number of rotatable bonds is 4. The fraction of sp³-hybridized carbons (Fsp3) is 0.154. The molecule has 0 atom stereocenters. The van der Waals surface area contributed by atoms with Crippen LogP contribution in [0.5, 0.6) is 0 Å². The maximum Gasteiger partial charge on any atom is 0.419 e. The molecule has 4 rings (SSSR count). The van der Waals surface area contributed by atoms with Crippen LogP contribution in [0.15, 0.2) is 66.7 Å². The van der Waals surface area contributed by atoms with E-state index in [9.17, 15) is 28.5 Å². The Hall–Kier alpha value is -4.60. The molecule has 0 spiro atoms. The van der Waals surface area contributed by atoms with Gasteiger partial charge in [0.1, 0.15) is 22.9 Å². The molecule has 0 aliphatic carbocycles. The first-order chi connectivity index (χ1) is 16.9. The summed E-state index contributed by atoms with van der Waals surface area (Å²) in [7, 11) is 0. The summed E-state index contributed by atoms with van der Waals surface area (Å²) >= 11 is 0. The lowest BCUT2D eigenvalue weighted by atomic mass is 10.0. The zero-order valence-electron chi connectivity index (χ0n) is 19.5. The van der Waals surface area contributed by atoms with Gasteiger partial charge in [0, 0.05) is 34.8 Å². The number of benzene rings is 3. The quantitative estimate of drug-likeness (QED) is 0.257. The van der Waals surface area contributed by atoms with Crippen LogP contribution in [-0.2, 0) is 4.74 Å². The van der Waals surface area contributed by atoms with Crippen molar-refractivity contribution in [3.63, 3.8) is 0 Å². The number of aromatic nitrogens is 1. The Bertz CT molecular complexity index is 1520. The van der Waals surface area contributed by atoms with E-state index in [0.29, 0.717) is 10.9 Å². The fourth-order valence-corrected chi connectivity index (χ4v) is 3.66. The Labute approximate surface area is 204 Å². The van der Waals surface area contributed by atoms with Crippen molar-refractivity contribution in [1.29, 1.82) is 0 Å². The maximum absolute atomic E-state index is 14.2. The number of amides is 1. The molecular formula is C26H21F2N3O5. The van der Waals surface area contributed by atoms with Gasteiger partial charge >= 0.3 is 6.09 Å². The van der Waals surface area contributed by atoms with Crippen molar-refractivity contribution >= 4 is 34.3 Å². The fourth-order valence-electron chi connectivity index (χ4n) is 3.66. The van der Waals surface area contributed by atoms with E-state index in [0.717, 1.165) is 16.7 Å². The van der Waals surface area contributed by atoms with Crippen LogP contribution >= 0.6 is 0 Å². The maximum atomic E-state index is 14.2. The number of anilines is 1.